The van der Waals surface area contributed by atoms with E-state index in [2.05, 4.69) is 46.5 Å². The molecule has 1 aliphatic heterocycles. The molecule has 1 aliphatic rings. The number of allylic oxidation sites excluding steroid dienone is 2. The lowest BCUT2D eigenvalue weighted by atomic mass is 10.1. The van der Waals surface area contributed by atoms with Crippen molar-refractivity contribution in [2.45, 2.75) is 70.9 Å². The minimum Gasteiger partial charge on any atom is -0.549 e. The van der Waals surface area contributed by atoms with E-state index in [-0.39, 0.29) is 11.3 Å². The Labute approximate surface area is 131 Å². The zero-order chi connectivity index (χ0) is 15.9. The SMILES string of the molecule is C=C(C/C=C/O[Si](C)(C)C(C)(C)C)CCCC1OCCO1. The Balaban J connectivity index is 2.15. The topological polar surface area (TPSA) is 27.7 Å². The van der Waals surface area contributed by atoms with Gasteiger partial charge in [0, 0.05) is 0 Å². The van der Waals surface area contributed by atoms with E-state index in [1.54, 1.807) is 0 Å². The third-order valence-corrected chi connectivity index (χ3v) is 8.67. The third kappa shape index (κ3) is 6.81. The number of hydrogen-bond donors (Lipinski definition) is 0. The molecule has 0 aromatic carbocycles. The van der Waals surface area contributed by atoms with E-state index in [1.807, 2.05) is 6.26 Å². The second-order valence-electron chi connectivity index (χ2n) is 7.27. The first kappa shape index (κ1) is 18.5. The molecule has 0 saturated carbocycles. The van der Waals surface area contributed by atoms with Crippen LogP contribution in [0.25, 0.3) is 0 Å². The number of rotatable bonds is 8. The molecule has 4 heteroatoms. The molecule has 21 heavy (non-hydrogen) atoms. The molecular weight excluding hydrogens is 280 g/mol. The van der Waals surface area contributed by atoms with Crippen LogP contribution in [-0.4, -0.2) is 27.8 Å². The maximum Gasteiger partial charge on any atom is 0.249 e. The van der Waals surface area contributed by atoms with E-state index in [9.17, 15) is 0 Å². The first-order chi connectivity index (χ1) is 9.72. The lowest BCUT2D eigenvalue weighted by Gasteiger charge is -2.35. The predicted molar refractivity (Wildman–Crippen MR) is 90.7 cm³/mol. The Bertz CT molecular complexity index is 350. The van der Waals surface area contributed by atoms with E-state index in [4.69, 9.17) is 13.9 Å². The van der Waals surface area contributed by atoms with Crippen molar-refractivity contribution in [2.75, 3.05) is 13.2 Å². The Morgan fingerprint density at radius 2 is 1.90 bits per heavy atom. The minimum atomic E-state index is -1.67. The molecule has 0 radical (unpaired) electrons. The molecule has 0 aliphatic carbocycles. The lowest BCUT2D eigenvalue weighted by molar-refractivity contribution is -0.0475. The fraction of sp³-hybridized carbons (Fsp3) is 0.765. The van der Waals surface area contributed by atoms with Gasteiger partial charge in [-0.3, -0.25) is 0 Å². The van der Waals surface area contributed by atoms with E-state index in [1.165, 1.54) is 5.57 Å². The summed E-state index contributed by atoms with van der Waals surface area (Å²) in [4.78, 5) is 0. The van der Waals surface area contributed by atoms with Gasteiger partial charge < -0.3 is 13.9 Å². The molecule has 0 bridgehead atoms. The van der Waals surface area contributed by atoms with Crippen molar-refractivity contribution in [1.29, 1.82) is 0 Å². The zero-order valence-corrected chi connectivity index (χ0v) is 15.4. The third-order valence-electron chi connectivity index (χ3n) is 4.33. The molecule has 1 rings (SSSR count). The van der Waals surface area contributed by atoms with Gasteiger partial charge in [-0.2, -0.15) is 0 Å². The fourth-order valence-electron chi connectivity index (χ4n) is 1.80. The number of hydrogen-bond acceptors (Lipinski definition) is 3. The second kappa shape index (κ2) is 8.16. The summed E-state index contributed by atoms with van der Waals surface area (Å²) >= 11 is 0. The summed E-state index contributed by atoms with van der Waals surface area (Å²) in [6.45, 7) is 16.9. The molecule has 1 heterocycles. The summed E-state index contributed by atoms with van der Waals surface area (Å²) < 4.78 is 16.8. The summed E-state index contributed by atoms with van der Waals surface area (Å²) in [5.74, 6) is 0. The van der Waals surface area contributed by atoms with Crippen LogP contribution in [0, 0.1) is 0 Å². The van der Waals surface area contributed by atoms with E-state index >= 15 is 0 Å². The van der Waals surface area contributed by atoms with Gasteiger partial charge in [0.15, 0.2) is 6.29 Å². The van der Waals surface area contributed by atoms with Crippen LogP contribution in [0.15, 0.2) is 24.5 Å². The van der Waals surface area contributed by atoms with Crippen LogP contribution in [0.3, 0.4) is 0 Å². The highest BCUT2D eigenvalue weighted by Crippen LogP contribution is 2.36. The van der Waals surface area contributed by atoms with Crippen molar-refractivity contribution in [3.63, 3.8) is 0 Å². The summed E-state index contributed by atoms with van der Waals surface area (Å²) in [7, 11) is -1.67. The molecular formula is C17H32O3Si. The van der Waals surface area contributed by atoms with Gasteiger partial charge in [0.25, 0.3) is 0 Å². The van der Waals surface area contributed by atoms with Crippen LogP contribution in [0.4, 0.5) is 0 Å². The maximum atomic E-state index is 6.01. The van der Waals surface area contributed by atoms with Crippen molar-refractivity contribution >= 4 is 8.32 Å². The van der Waals surface area contributed by atoms with Gasteiger partial charge in [-0.15, -0.1) is 0 Å². The molecule has 0 amide bonds. The van der Waals surface area contributed by atoms with E-state index in [0.717, 1.165) is 38.9 Å². The van der Waals surface area contributed by atoms with Crippen LogP contribution in [0.5, 0.6) is 0 Å². The first-order valence-electron chi connectivity index (χ1n) is 7.95. The molecule has 0 aromatic rings. The molecule has 122 valence electrons. The van der Waals surface area contributed by atoms with Crippen molar-refractivity contribution < 1.29 is 13.9 Å². The standard InChI is InChI=1S/C17H32O3Si/c1-15(9-7-11-16-18-13-14-19-16)10-8-12-20-21(5,6)17(2,3)4/h8,12,16H,1,7,9-11,13-14H2,2-6H3/b12-8+. The van der Waals surface area contributed by atoms with Gasteiger partial charge in [-0.05, 0) is 49.9 Å². The van der Waals surface area contributed by atoms with Gasteiger partial charge in [0.05, 0.1) is 19.5 Å². The predicted octanol–water partition coefficient (Wildman–Crippen LogP) is 5.01. The molecule has 0 spiro atoms. The second-order valence-corrected chi connectivity index (χ2v) is 12.0. The lowest BCUT2D eigenvalue weighted by Crippen LogP contribution is -2.39. The summed E-state index contributed by atoms with van der Waals surface area (Å²) in [6, 6.07) is 0. The maximum absolute atomic E-state index is 6.01. The van der Waals surface area contributed by atoms with Crippen LogP contribution in [-0.2, 0) is 13.9 Å². The minimum absolute atomic E-state index is 0.00950. The Hall–Kier alpha value is -0.583. The monoisotopic (exact) mass is 312 g/mol. The van der Waals surface area contributed by atoms with Crippen LogP contribution in [0.1, 0.15) is 46.5 Å². The molecule has 0 aromatic heterocycles. The molecule has 0 N–H and O–H groups in total. The first-order valence-corrected chi connectivity index (χ1v) is 10.9. The summed E-state index contributed by atoms with van der Waals surface area (Å²) in [5, 5.41) is 0.246. The summed E-state index contributed by atoms with van der Waals surface area (Å²) in [6.07, 6.45) is 7.92. The van der Waals surface area contributed by atoms with E-state index in [0.29, 0.717) is 0 Å². The Kier molecular flexibility index (Phi) is 7.17. The van der Waals surface area contributed by atoms with Gasteiger partial charge in [0.2, 0.25) is 8.32 Å². The van der Waals surface area contributed by atoms with Gasteiger partial charge in [-0.1, -0.05) is 32.9 Å². The molecule has 1 fully saturated rings. The van der Waals surface area contributed by atoms with Crippen molar-refractivity contribution in [1.82, 2.24) is 0 Å². The van der Waals surface area contributed by atoms with Gasteiger partial charge >= 0.3 is 0 Å². The highest BCUT2D eigenvalue weighted by atomic mass is 28.4. The zero-order valence-electron chi connectivity index (χ0n) is 14.4. The van der Waals surface area contributed by atoms with E-state index < -0.39 is 8.32 Å². The molecule has 1 saturated heterocycles. The smallest absolute Gasteiger partial charge is 0.249 e. The van der Waals surface area contributed by atoms with Crippen LogP contribution >= 0.6 is 0 Å². The highest BCUT2D eigenvalue weighted by molar-refractivity contribution is 6.74. The quantitative estimate of drug-likeness (QED) is 0.358. The van der Waals surface area contributed by atoms with Crippen molar-refractivity contribution in [3.8, 4) is 0 Å². The van der Waals surface area contributed by atoms with Gasteiger partial charge in [-0.25, -0.2) is 0 Å². The normalized spacial score (nSPS) is 17.6. The van der Waals surface area contributed by atoms with Crippen molar-refractivity contribution in [3.05, 3.63) is 24.5 Å². The van der Waals surface area contributed by atoms with Crippen LogP contribution < -0.4 is 0 Å². The van der Waals surface area contributed by atoms with Gasteiger partial charge in [0.1, 0.15) is 0 Å². The highest BCUT2D eigenvalue weighted by Gasteiger charge is 2.37. The average Bonchev–Trinajstić information content (AvgIpc) is 2.86. The molecule has 0 unspecified atom stereocenters. The molecule has 0 atom stereocenters. The summed E-state index contributed by atoms with van der Waals surface area (Å²) in [5.41, 5.74) is 1.24. The van der Waals surface area contributed by atoms with Crippen LogP contribution in [0.2, 0.25) is 18.1 Å². The molecule has 3 nitrogen and oxygen atoms in total. The Morgan fingerprint density at radius 1 is 1.29 bits per heavy atom. The largest absolute Gasteiger partial charge is 0.549 e. The van der Waals surface area contributed by atoms with Crippen molar-refractivity contribution in [2.24, 2.45) is 0 Å². The Morgan fingerprint density at radius 3 is 2.48 bits per heavy atom. The number of ether oxygens (including phenoxy) is 2. The fourth-order valence-corrected chi connectivity index (χ4v) is 2.59. The average molecular weight is 313 g/mol.